The van der Waals surface area contributed by atoms with Crippen LogP contribution in [0.2, 0.25) is 0 Å². The van der Waals surface area contributed by atoms with Crippen molar-refractivity contribution >= 4 is 11.9 Å². The van der Waals surface area contributed by atoms with E-state index in [1.165, 1.54) is 6.92 Å². The maximum atomic E-state index is 11.4. The maximum Gasteiger partial charge on any atom is 0.320 e. The van der Waals surface area contributed by atoms with Gasteiger partial charge in [-0.25, -0.2) is 0 Å². The molecule has 1 aliphatic rings. The van der Waals surface area contributed by atoms with Gasteiger partial charge >= 0.3 is 5.97 Å². The minimum atomic E-state index is -0.714. The van der Waals surface area contributed by atoms with Gasteiger partial charge in [-0.3, -0.25) is 14.5 Å². The van der Waals surface area contributed by atoms with E-state index in [0.717, 1.165) is 38.8 Å². The fourth-order valence-corrected chi connectivity index (χ4v) is 3.36. The molecule has 0 aromatic carbocycles. The van der Waals surface area contributed by atoms with Gasteiger partial charge < -0.3 is 10.4 Å². The Morgan fingerprint density at radius 1 is 1.38 bits per heavy atom. The van der Waals surface area contributed by atoms with Gasteiger partial charge in [-0.2, -0.15) is 0 Å². The molecule has 1 saturated heterocycles. The Morgan fingerprint density at radius 2 is 2.05 bits per heavy atom. The first kappa shape index (κ1) is 18.0. The highest BCUT2D eigenvalue weighted by Gasteiger charge is 2.37. The predicted molar refractivity (Wildman–Crippen MR) is 83.1 cm³/mol. The smallest absolute Gasteiger partial charge is 0.320 e. The van der Waals surface area contributed by atoms with Crippen molar-refractivity contribution in [2.75, 3.05) is 13.1 Å². The van der Waals surface area contributed by atoms with Crippen LogP contribution in [0.4, 0.5) is 0 Å². The lowest BCUT2D eigenvalue weighted by molar-refractivity contribution is -0.142. The third-order valence-electron chi connectivity index (χ3n) is 4.62. The van der Waals surface area contributed by atoms with Crippen LogP contribution in [0, 0.1) is 11.8 Å². The first-order valence-corrected chi connectivity index (χ1v) is 8.12. The van der Waals surface area contributed by atoms with E-state index in [4.69, 9.17) is 0 Å². The summed E-state index contributed by atoms with van der Waals surface area (Å²) >= 11 is 0. The quantitative estimate of drug-likeness (QED) is 0.720. The maximum absolute atomic E-state index is 11.4. The Bertz CT molecular complexity index is 359. The summed E-state index contributed by atoms with van der Waals surface area (Å²) in [7, 11) is 0. The van der Waals surface area contributed by atoms with E-state index < -0.39 is 5.97 Å². The summed E-state index contributed by atoms with van der Waals surface area (Å²) in [6, 6.07) is -0.281. The summed E-state index contributed by atoms with van der Waals surface area (Å²) in [4.78, 5) is 24.8. The Labute approximate surface area is 128 Å². The molecule has 3 unspecified atom stereocenters. The fourth-order valence-electron chi connectivity index (χ4n) is 3.36. The van der Waals surface area contributed by atoms with E-state index >= 15 is 0 Å². The highest BCUT2D eigenvalue weighted by atomic mass is 16.4. The number of carboxylic acid groups (broad SMARTS) is 1. The number of carbonyl (C=O) groups is 2. The number of hydrogen-bond donors (Lipinski definition) is 2. The van der Waals surface area contributed by atoms with Gasteiger partial charge in [-0.15, -0.1) is 0 Å². The second-order valence-electron chi connectivity index (χ2n) is 6.36. The first-order chi connectivity index (χ1) is 9.88. The van der Waals surface area contributed by atoms with Crippen molar-refractivity contribution in [3.05, 3.63) is 0 Å². The molecular weight excluding hydrogens is 268 g/mol. The fraction of sp³-hybridized carbons (Fsp3) is 0.875. The topological polar surface area (TPSA) is 69.6 Å². The molecule has 0 radical (unpaired) electrons. The number of nitrogens with one attached hydrogen (secondary N) is 1. The molecule has 1 fully saturated rings. The molecule has 2 N–H and O–H groups in total. The van der Waals surface area contributed by atoms with Crippen LogP contribution in [-0.2, 0) is 9.59 Å². The molecule has 0 spiro atoms. The van der Waals surface area contributed by atoms with Crippen molar-refractivity contribution in [3.63, 3.8) is 0 Å². The van der Waals surface area contributed by atoms with Crippen LogP contribution in [0.15, 0.2) is 0 Å². The van der Waals surface area contributed by atoms with Gasteiger partial charge in [0.05, 0.1) is 0 Å². The molecule has 21 heavy (non-hydrogen) atoms. The molecule has 1 aliphatic heterocycles. The zero-order valence-corrected chi connectivity index (χ0v) is 13.8. The molecule has 0 aliphatic carbocycles. The average molecular weight is 298 g/mol. The van der Waals surface area contributed by atoms with Crippen LogP contribution in [0.5, 0.6) is 0 Å². The van der Waals surface area contributed by atoms with E-state index in [-0.39, 0.29) is 18.0 Å². The summed E-state index contributed by atoms with van der Waals surface area (Å²) in [5.74, 6) is 0.0421. The van der Waals surface area contributed by atoms with Gasteiger partial charge in [0.25, 0.3) is 0 Å². The lowest BCUT2D eigenvalue weighted by Gasteiger charge is -2.31. The van der Waals surface area contributed by atoms with Crippen molar-refractivity contribution in [3.8, 4) is 0 Å². The number of nitrogens with zero attached hydrogens (tertiary/aromatic N) is 1. The summed E-state index contributed by atoms with van der Waals surface area (Å²) in [5.41, 5.74) is 0. The summed E-state index contributed by atoms with van der Waals surface area (Å²) in [6.45, 7) is 9.41. The summed E-state index contributed by atoms with van der Waals surface area (Å²) < 4.78 is 0. The second kappa shape index (κ2) is 8.37. The first-order valence-electron chi connectivity index (χ1n) is 8.12. The van der Waals surface area contributed by atoms with Crippen molar-refractivity contribution in [2.45, 2.75) is 65.5 Å². The predicted octanol–water partition coefficient (Wildman–Crippen LogP) is 2.11. The SMILES string of the molecule is CCC[C@@H](CN1CC(CC)CC1C(=O)O)C(C)NC(C)=O. The minimum Gasteiger partial charge on any atom is -0.480 e. The van der Waals surface area contributed by atoms with E-state index in [0.29, 0.717) is 11.8 Å². The van der Waals surface area contributed by atoms with Crippen LogP contribution < -0.4 is 5.32 Å². The lowest BCUT2D eigenvalue weighted by Crippen LogP contribution is -2.45. The number of amides is 1. The Balaban J connectivity index is 2.71. The zero-order chi connectivity index (χ0) is 16.0. The minimum absolute atomic E-state index is 0.0220. The normalized spacial score (nSPS) is 25.5. The number of rotatable bonds is 8. The average Bonchev–Trinajstić information content (AvgIpc) is 2.80. The van der Waals surface area contributed by atoms with Gasteiger partial charge in [-0.1, -0.05) is 26.7 Å². The van der Waals surface area contributed by atoms with E-state index in [2.05, 4.69) is 24.1 Å². The molecule has 0 aromatic heterocycles. The Morgan fingerprint density at radius 3 is 2.52 bits per heavy atom. The van der Waals surface area contributed by atoms with E-state index in [9.17, 15) is 14.7 Å². The van der Waals surface area contributed by atoms with Crippen LogP contribution in [0.25, 0.3) is 0 Å². The number of carboxylic acids is 1. The van der Waals surface area contributed by atoms with Crippen LogP contribution >= 0.6 is 0 Å². The van der Waals surface area contributed by atoms with Gasteiger partial charge in [0.15, 0.2) is 0 Å². The van der Waals surface area contributed by atoms with Gasteiger partial charge in [0, 0.05) is 26.1 Å². The van der Waals surface area contributed by atoms with Crippen LogP contribution in [-0.4, -0.2) is 47.1 Å². The number of hydrogen-bond acceptors (Lipinski definition) is 3. The largest absolute Gasteiger partial charge is 0.480 e. The molecule has 5 nitrogen and oxygen atoms in total. The van der Waals surface area contributed by atoms with Crippen molar-refractivity contribution in [1.82, 2.24) is 10.2 Å². The molecular formula is C16H30N2O3. The summed E-state index contributed by atoms with van der Waals surface area (Å²) in [5, 5.41) is 12.4. The van der Waals surface area contributed by atoms with Crippen molar-refractivity contribution in [1.29, 1.82) is 0 Å². The summed E-state index contributed by atoms with van der Waals surface area (Å²) in [6.07, 6.45) is 3.82. The number of aliphatic carboxylic acids is 1. The third-order valence-corrected chi connectivity index (χ3v) is 4.62. The van der Waals surface area contributed by atoms with E-state index in [1.54, 1.807) is 0 Å². The van der Waals surface area contributed by atoms with Gasteiger partial charge in [0.2, 0.25) is 5.91 Å². The zero-order valence-electron chi connectivity index (χ0n) is 13.8. The third kappa shape index (κ3) is 5.30. The molecule has 122 valence electrons. The van der Waals surface area contributed by atoms with Gasteiger partial charge in [0.1, 0.15) is 6.04 Å². The standard InChI is InChI=1S/C16H30N2O3/c1-5-7-14(11(3)17-12(4)19)10-18-9-13(6-2)8-15(18)16(20)21/h11,13-15H,5-10H2,1-4H3,(H,17,19)(H,20,21)/t11?,13?,14-,15?/m0/s1. The molecule has 1 heterocycles. The van der Waals surface area contributed by atoms with Crippen molar-refractivity contribution in [2.24, 2.45) is 11.8 Å². The lowest BCUT2D eigenvalue weighted by atomic mass is 9.95. The molecule has 4 atom stereocenters. The Hall–Kier alpha value is -1.10. The highest BCUT2D eigenvalue weighted by Crippen LogP contribution is 2.28. The molecule has 0 aromatic rings. The van der Waals surface area contributed by atoms with Crippen molar-refractivity contribution < 1.29 is 14.7 Å². The highest BCUT2D eigenvalue weighted by molar-refractivity contribution is 5.74. The van der Waals surface area contributed by atoms with Crippen LogP contribution in [0.1, 0.15) is 53.4 Å². The number of carbonyl (C=O) groups excluding carboxylic acids is 1. The van der Waals surface area contributed by atoms with Crippen LogP contribution in [0.3, 0.4) is 0 Å². The molecule has 0 saturated carbocycles. The second-order valence-corrected chi connectivity index (χ2v) is 6.36. The monoisotopic (exact) mass is 298 g/mol. The molecule has 0 bridgehead atoms. The molecule has 1 amide bonds. The number of likely N-dealkylation sites (tertiary alicyclic amines) is 1. The van der Waals surface area contributed by atoms with E-state index in [1.807, 2.05) is 6.92 Å². The molecule has 5 heteroatoms. The Kier molecular flexibility index (Phi) is 7.15. The van der Waals surface area contributed by atoms with Gasteiger partial charge in [-0.05, 0) is 31.6 Å². The molecule has 1 rings (SSSR count).